The van der Waals surface area contributed by atoms with E-state index in [4.69, 9.17) is 9.47 Å². The minimum atomic E-state index is -1.02. The van der Waals surface area contributed by atoms with E-state index in [9.17, 15) is 9.59 Å². The second-order valence-electron chi connectivity index (χ2n) is 8.70. The monoisotopic (exact) mass is 454 g/mol. The molecule has 33 heavy (non-hydrogen) atoms. The van der Waals surface area contributed by atoms with Crippen LogP contribution in [0.4, 0.5) is 0 Å². The van der Waals surface area contributed by atoms with Crippen molar-refractivity contribution in [1.82, 2.24) is 19.6 Å². The number of hydrogen-bond acceptors (Lipinski definition) is 5. The van der Waals surface area contributed by atoms with E-state index >= 15 is 0 Å². The van der Waals surface area contributed by atoms with E-state index in [0.29, 0.717) is 51.4 Å². The van der Waals surface area contributed by atoms with Crippen LogP contribution in [0.15, 0.2) is 36.7 Å². The van der Waals surface area contributed by atoms with Crippen molar-refractivity contribution in [2.24, 2.45) is 0 Å². The molecule has 3 heterocycles. The molecule has 1 aromatic heterocycles. The summed E-state index contributed by atoms with van der Waals surface area (Å²) in [5.74, 6) is 0.746. The first kappa shape index (κ1) is 23.3. The smallest absolute Gasteiger partial charge is 0.257 e. The van der Waals surface area contributed by atoms with Crippen molar-refractivity contribution in [3.05, 3.63) is 47.8 Å². The van der Waals surface area contributed by atoms with Crippen molar-refractivity contribution in [1.29, 1.82) is 0 Å². The lowest BCUT2D eigenvalue weighted by atomic mass is 9.90. The third-order valence-corrected chi connectivity index (χ3v) is 6.60. The second kappa shape index (κ2) is 10.4. The van der Waals surface area contributed by atoms with Crippen LogP contribution in [0.25, 0.3) is 0 Å². The van der Waals surface area contributed by atoms with E-state index in [0.717, 1.165) is 25.0 Å². The third kappa shape index (κ3) is 5.05. The molecule has 1 spiro atoms. The molecule has 1 saturated heterocycles. The number of morpholine rings is 1. The molecule has 2 aliphatic rings. The quantitative estimate of drug-likeness (QED) is 0.713. The standard InChI is InChI=1S/C25H34N4O4/c1-3-27-13-15-32-22-11-6-5-9-20(22)10-7-8-12-25(24(27)31)19-28(14-16-33-25)23(30)21-17-26-29(4-2)18-21/h5-6,9,11,17-18H,3-4,7-8,10,12-16,19H2,1-2H3. The average Bonchev–Trinajstić information content (AvgIpc) is 3.33. The van der Waals surface area contributed by atoms with E-state index in [-0.39, 0.29) is 18.4 Å². The molecule has 1 fully saturated rings. The predicted molar refractivity (Wildman–Crippen MR) is 124 cm³/mol. The molecule has 0 radical (unpaired) electrons. The molecule has 1 atom stereocenters. The van der Waals surface area contributed by atoms with Gasteiger partial charge in [-0.2, -0.15) is 5.10 Å². The van der Waals surface area contributed by atoms with E-state index in [1.165, 1.54) is 5.56 Å². The summed E-state index contributed by atoms with van der Waals surface area (Å²) in [7, 11) is 0. The van der Waals surface area contributed by atoms with Crippen LogP contribution in [0.1, 0.15) is 49.0 Å². The van der Waals surface area contributed by atoms with Crippen LogP contribution in [-0.4, -0.2) is 76.4 Å². The van der Waals surface area contributed by atoms with Crippen molar-refractivity contribution >= 4 is 11.8 Å². The zero-order chi connectivity index (χ0) is 23.3. The molecule has 0 bridgehead atoms. The summed E-state index contributed by atoms with van der Waals surface area (Å²) in [6.07, 6.45) is 6.58. The molecule has 2 amide bonds. The normalized spacial score (nSPS) is 22.3. The first-order valence-electron chi connectivity index (χ1n) is 12.0. The number of aromatic nitrogens is 2. The van der Waals surface area contributed by atoms with Crippen molar-refractivity contribution in [3.63, 3.8) is 0 Å². The zero-order valence-corrected chi connectivity index (χ0v) is 19.7. The summed E-state index contributed by atoms with van der Waals surface area (Å²) in [4.78, 5) is 30.5. The van der Waals surface area contributed by atoms with Gasteiger partial charge >= 0.3 is 0 Å². The number of hydrogen-bond donors (Lipinski definition) is 0. The molecule has 0 aliphatic carbocycles. The maximum atomic E-state index is 13.8. The van der Waals surface area contributed by atoms with Gasteiger partial charge in [-0.05, 0) is 51.2 Å². The van der Waals surface area contributed by atoms with Gasteiger partial charge in [-0.1, -0.05) is 18.2 Å². The van der Waals surface area contributed by atoms with Gasteiger partial charge in [0.15, 0.2) is 5.60 Å². The number of likely N-dealkylation sites (N-methyl/N-ethyl adjacent to an activating group) is 1. The Labute approximate surface area is 195 Å². The Kier molecular flexibility index (Phi) is 7.33. The molecule has 1 unspecified atom stereocenters. The summed E-state index contributed by atoms with van der Waals surface area (Å²) in [6.45, 7) is 7.19. The highest BCUT2D eigenvalue weighted by Crippen LogP contribution is 2.30. The van der Waals surface area contributed by atoms with Crippen molar-refractivity contribution in [3.8, 4) is 5.75 Å². The summed E-state index contributed by atoms with van der Waals surface area (Å²) in [5, 5.41) is 4.23. The highest BCUT2D eigenvalue weighted by atomic mass is 16.5. The van der Waals surface area contributed by atoms with E-state index in [2.05, 4.69) is 11.2 Å². The van der Waals surface area contributed by atoms with Crippen LogP contribution >= 0.6 is 0 Å². The summed E-state index contributed by atoms with van der Waals surface area (Å²) >= 11 is 0. The van der Waals surface area contributed by atoms with Crippen molar-refractivity contribution in [2.75, 3.05) is 39.4 Å². The number of carbonyl (C=O) groups excluding carboxylic acids is 2. The first-order chi connectivity index (χ1) is 16.1. The number of para-hydroxylation sites is 1. The zero-order valence-electron chi connectivity index (χ0n) is 19.7. The number of carbonyl (C=O) groups is 2. The van der Waals surface area contributed by atoms with Gasteiger partial charge in [0.1, 0.15) is 12.4 Å². The minimum absolute atomic E-state index is 0.0517. The molecule has 0 N–H and O–H groups in total. The van der Waals surface area contributed by atoms with Crippen molar-refractivity contribution < 1.29 is 19.1 Å². The first-order valence-corrected chi connectivity index (χ1v) is 12.0. The van der Waals surface area contributed by atoms with Crippen LogP contribution in [0.3, 0.4) is 0 Å². The Hall–Kier alpha value is -2.87. The number of amides is 2. The highest BCUT2D eigenvalue weighted by molar-refractivity contribution is 5.95. The maximum Gasteiger partial charge on any atom is 0.257 e. The largest absolute Gasteiger partial charge is 0.491 e. The number of rotatable bonds is 3. The second-order valence-corrected chi connectivity index (χ2v) is 8.70. The van der Waals surface area contributed by atoms with Gasteiger partial charge in [0.25, 0.3) is 11.8 Å². The van der Waals surface area contributed by atoms with Crippen LogP contribution in [-0.2, 0) is 22.5 Å². The summed E-state index contributed by atoms with van der Waals surface area (Å²) in [5.41, 5.74) is 0.714. The van der Waals surface area contributed by atoms with Crippen LogP contribution in [0, 0.1) is 0 Å². The van der Waals surface area contributed by atoms with Gasteiger partial charge in [0.2, 0.25) is 0 Å². The molecule has 4 rings (SSSR count). The van der Waals surface area contributed by atoms with Gasteiger partial charge in [0.05, 0.1) is 31.5 Å². The Bertz CT molecular complexity index is 975. The lowest BCUT2D eigenvalue weighted by Gasteiger charge is -2.44. The number of fused-ring (bicyclic) bond motifs is 1. The lowest BCUT2D eigenvalue weighted by molar-refractivity contribution is -0.170. The van der Waals surface area contributed by atoms with Gasteiger partial charge in [-0.15, -0.1) is 0 Å². The van der Waals surface area contributed by atoms with E-state index in [1.54, 1.807) is 26.9 Å². The summed E-state index contributed by atoms with van der Waals surface area (Å²) in [6, 6.07) is 8.11. The predicted octanol–water partition coefficient (Wildman–Crippen LogP) is 2.77. The van der Waals surface area contributed by atoms with Gasteiger partial charge < -0.3 is 19.3 Å². The van der Waals surface area contributed by atoms with Gasteiger partial charge in [-0.25, -0.2) is 0 Å². The molecule has 178 valence electrons. The molecular weight excluding hydrogens is 420 g/mol. The van der Waals surface area contributed by atoms with Gasteiger partial charge in [-0.3, -0.25) is 14.3 Å². The fourth-order valence-electron chi connectivity index (χ4n) is 4.71. The Balaban J connectivity index is 1.55. The molecule has 8 nitrogen and oxygen atoms in total. The average molecular weight is 455 g/mol. The van der Waals surface area contributed by atoms with Crippen LogP contribution in [0.5, 0.6) is 5.75 Å². The highest BCUT2D eigenvalue weighted by Gasteiger charge is 2.46. The van der Waals surface area contributed by atoms with Crippen LogP contribution < -0.4 is 4.74 Å². The topological polar surface area (TPSA) is 76.9 Å². The molecular formula is C25H34N4O4. The number of nitrogens with zero attached hydrogens (tertiary/aromatic N) is 4. The fraction of sp³-hybridized carbons (Fsp3) is 0.560. The molecule has 0 saturated carbocycles. The maximum absolute atomic E-state index is 13.8. The number of aryl methyl sites for hydroxylation is 2. The van der Waals surface area contributed by atoms with E-state index < -0.39 is 5.60 Å². The fourth-order valence-corrected chi connectivity index (χ4v) is 4.71. The Morgan fingerprint density at radius 1 is 1.12 bits per heavy atom. The number of ether oxygens (including phenoxy) is 2. The Morgan fingerprint density at radius 2 is 1.97 bits per heavy atom. The van der Waals surface area contributed by atoms with Crippen molar-refractivity contribution in [2.45, 2.75) is 51.7 Å². The molecule has 1 aromatic carbocycles. The Morgan fingerprint density at radius 3 is 2.76 bits per heavy atom. The third-order valence-electron chi connectivity index (χ3n) is 6.60. The number of benzene rings is 1. The van der Waals surface area contributed by atoms with Gasteiger partial charge in [0, 0.05) is 25.8 Å². The summed E-state index contributed by atoms with van der Waals surface area (Å²) < 4.78 is 14.0. The SMILES string of the molecule is CCN1CCOc2ccccc2CCCCC2(CN(C(=O)c3cnn(CC)c3)CCO2)C1=O. The van der Waals surface area contributed by atoms with Crippen LogP contribution in [0.2, 0.25) is 0 Å². The van der Waals surface area contributed by atoms with E-state index in [1.807, 2.05) is 32.0 Å². The lowest BCUT2D eigenvalue weighted by Crippen LogP contribution is -2.62. The molecule has 2 aliphatic heterocycles. The minimum Gasteiger partial charge on any atom is -0.491 e. The molecule has 2 aromatic rings. The molecule has 8 heteroatoms.